The van der Waals surface area contributed by atoms with Crippen molar-refractivity contribution in [1.82, 2.24) is 20.0 Å². The van der Waals surface area contributed by atoms with Gasteiger partial charge in [0, 0.05) is 31.8 Å². The van der Waals surface area contributed by atoms with Crippen LogP contribution in [-0.4, -0.2) is 70.2 Å². The molecule has 0 saturated carbocycles. The first-order chi connectivity index (χ1) is 14.4. The molecule has 0 spiro atoms. The van der Waals surface area contributed by atoms with Gasteiger partial charge in [0.25, 0.3) is 11.6 Å². The molecule has 1 atom stereocenters. The van der Waals surface area contributed by atoms with E-state index in [0.29, 0.717) is 36.5 Å². The number of benzene rings is 1. The van der Waals surface area contributed by atoms with Crippen LogP contribution in [-0.2, 0) is 9.59 Å². The van der Waals surface area contributed by atoms with Gasteiger partial charge in [0.15, 0.2) is 0 Å². The van der Waals surface area contributed by atoms with Crippen LogP contribution in [0.2, 0.25) is 0 Å². The lowest BCUT2D eigenvalue weighted by molar-refractivity contribution is -0.384. The van der Waals surface area contributed by atoms with Crippen LogP contribution >= 0.6 is 0 Å². The van der Waals surface area contributed by atoms with Gasteiger partial charge in [0.1, 0.15) is 6.54 Å². The van der Waals surface area contributed by atoms with Gasteiger partial charge >= 0.3 is 6.03 Å². The highest BCUT2D eigenvalue weighted by Crippen LogP contribution is 2.37. The van der Waals surface area contributed by atoms with E-state index in [1.165, 1.54) is 28.0 Å². The monoisotopic (exact) mass is 413 g/mol. The van der Waals surface area contributed by atoms with Crippen LogP contribution in [0.1, 0.15) is 31.4 Å². The maximum absolute atomic E-state index is 13.2. The molecule has 0 unspecified atom stereocenters. The molecule has 4 amide bonds. The fourth-order valence-corrected chi connectivity index (χ4v) is 4.31. The number of hydrogen-bond donors (Lipinski definition) is 1. The van der Waals surface area contributed by atoms with Crippen molar-refractivity contribution in [2.24, 2.45) is 0 Å². The molecule has 10 heteroatoms. The van der Waals surface area contributed by atoms with Gasteiger partial charge in [0.2, 0.25) is 5.91 Å². The SMILES string of the molecule is CCN1C(=O)N[C@H](c2cccc([N+](=O)[O-])c2)C2=C1CN(CC(=O)N1CCCC1)C2=O. The Kier molecular flexibility index (Phi) is 5.15. The lowest BCUT2D eigenvalue weighted by Crippen LogP contribution is -2.47. The Labute approximate surface area is 173 Å². The van der Waals surface area contributed by atoms with Crippen LogP contribution in [0.25, 0.3) is 0 Å². The Morgan fingerprint density at radius 3 is 2.67 bits per heavy atom. The second-order valence-electron chi connectivity index (χ2n) is 7.59. The fourth-order valence-electron chi connectivity index (χ4n) is 4.31. The zero-order valence-electron chi connectivity index (χ0n) is 16.7. The fraction of sp³-hybridized carbons (Fsp3) is 0.450. The van der Waals surface area contributed by atoms with E-state index in [2.05, 4.69) is 5.32 Å². The quantitative estimate of drug-likeness (QED) is 0.579. The van der Waals surface area contributed by atoms with E-state index in [1.807, 2.05) is 0 Å². The van der Waals surface area contributed by atoms with Crippen LogP contribution < -0.4 is 5.32 Å². The van der Waals surface area contributed by atoms with E-state index in [4.69, 9.17) is 0 Å². The number of nitrogens with one attached hydrogen (secondary N) is 1. The molecule has 3 aliphatic rings. The van der Waals surface area contributed by atoms with Crippen molar-refractivity contribution >= 4 is 23.5 Å². The van der Waals surface area contributed by atoms with Gasteiger partial charge in [-0.1, -0.05) is 12.1 Å². The molecular formula is C20H23N5O5. The molecule has 30 heavy (non-hydrogen) atoms. The number of hydrogen-bond acceptors (Lipinski definition) is 5. The van der Waals surface area contributed by atoms with E-state index in [1.54, 1.807) is 17.9 Å². The highest BCUT2D eigenvalue weighted by molar-refractivity contribution is 6.03. The average molecular weight is 413 g/mol. The number of non-ortho nitro benzene ring substituents is 1. The molecule has 0 radical (unpaired) electrons. The maximum Gasteiger partial charge on any atom is 0.322 e. The number of urea groups is 1. The number of likely N-dealkylation sites (tertiary alicyclic amines) is 1. The van der Waals surface area contributed by atoms with Gasteiger partial charge in [-0.25, -0.2) is 4.79 Å². The van der Waals surface area contributed by atoms with Crippen LogP contribution in [0.4, 0.5) is 10.5 Å². The third-order valence-electron chi connectivity index (χ3n) is 5.81. The zero-order valence-corrected chi connectivity index (χ0v) is 16.7. The smallest absolute Gasteiger partial charge is 0.322 e. The summed E-state index contributed by atoms with van der Waals surface area (Å²) < 4.78 is 0. The zero-order chi connectivity index (χ0) is 21.4. The number of nitro benzene ring substituents is 1. The molecule has 3 aliphatic heterocycles. The van der Waals surface area contributed by atoms with Crippen molar-refractivity contribution in [2.75, 3.05) is 32.7 Å². The standard InChI is InChI=1S/C20H23N5O5/c1-2-24-15-11-23(12-16(26)22-8-3-4-9-22)19(27)17(15)18(21-20(24)28)13-6-5-7-14(10-13)25(29)30/h5-7,10,18H,2-4,8-9,11-12H2,1H3,(H,21,28)/t18-/m1/s1. The molecule has 1 aromatic carbocycles. The lowest BCUT2D eigenvalue weighted by atomic mass is 9.95. The van der Waals surface area contributed by atoms with Crippen LogP contribution in [0.5, 0.6) is 0 Å². The predicted molar refractivity (Wildman–Crippen MR) is 106 cm³/mol. The Bertz CT molecular complexity index is 953. The summed E-state index contributed by atoms with van der Waals surface area (Å²) in [7, 11) is 0. The third kappa shape index (κ3) is 3.38. The number of nitro groups is 1. The summed E-state index contributed by atoms with van der Waals surface area (Å²) in [5.41, 5.74) is 1.26. The molecule has 0 aliphatic carbocycles. The molecule has 158 valence electrons. The Hall–Kier alpha value is -3.43. The Morgan fingerprint density at radius 2 is 2.00 bits per heavy atom. The minimum absolute atomic E-state index is 0.0424. The highest BCUT2D eigenvalue weighted by atomic mass is 16.6. The number of rotatable bonds is 5. The number of carbonyl (C=O) groups excluding carboxylic acids is 3. The minimum Gasteiger partial charge on any atom is -0.341 e. The van der Waals surface area contributed by atoms with Gasteiger partial charge in [-0.2, -0.15) is 0 Å². The maximum atomic E-state index is 13.2. The first-order valence-electron chi connectivity index (χ1n) is 10.0. The minimum atomic E-state index is -0.797. The first kappa shape index (κ1) is 19.9. The van der Waals surface area contributed by atoms with Crippen LogP contribution in [0.15, 0.2) is 35.5 Å². The molecule has 1 aromatic rings. The summed E-state index contributed by atoms with van der Waals surface area (Å²) in [6, 6.07) is 4.74. The highest BCUT2D eigenvalue weighted by Gasteiger charge is 2.44. The normalized spacial score (nSPS) is 21.2. The Balaban J connectivity index is 1.65. The van der Waals surface area contributed by atoms with E-state index < -0.39 is 11.0 Å². The summed E-state index contributed by atoms with van der Waals surface area (Å²) in [5.74, 6) is -0.428. The summed E-state index contributed by atoms with van der Waals surface area (Å²) in [5, 5.41) is 14.0. The van der Waals surface area contributed by atoms with Crippen molar-refractivity contribution < 1.29 is 19.3 Å². The first-order valence-corrected chi connectivity index (χ1v) is 10.0. The van der Waals surface area contributed by atoms with Gasteiger partial charge in [0.05, 0.1) is 28.8 Å². The summed E-state index contributed by atoms with van der Waals surface area (Å²) >= 11 is 0. The summed E-state index contributed by atoms with van der Waals surface area (Å²) in [6.07, 6.45) is 1.93. The van der Waals surface area contributed by atoms with Gasteiger partial charge < -0.3 is 15.1 Å². The number of nitrogens with zero attached hydrogens (tertiary/aromatic N) is 4. The number of likely N-dealkylation sites (N-methyl/N-ethyl adjacent to an activating group) is 1. The van der Waals surface area contributed by atoms with E-state index >= 15 is 0 Å². The second-order valence-corrected chi connectivity index (χ2v) is 7.59. The van der Waals surface area contributed by atoms with Gasteiger partial charge in [-0.3, -0.25) is 24.6 Å². The van der Waals surface area contributed by atoms with Crippen molar-refractivity contribution in [2.45, 2.75) is 25.8 Å². The van der Waals surface area contributed by atoms with E-state index in [-0.39, 0.29) is 36.6 Å². The molecule has 1 saturated heterocycles. The number of carbonyl (C=O) groups is 3. The molecule has 3 heterocycles. The molecule has 0 aromatic heterocycles. The second kappa shape index (κ2) is 7.77. The van der Waals surface area contributed by atoms with Crippen molar-refractivity contribution in [3.63, 3.8) is 0 Å². The predicted octanol–water partition coefficient (Wildman–Crippen LogP) is 1.40. The summed E-state index contributed by atoms with van der Waals surface area (Å²) in [4.78, 5) is 53.8. The van der Waals surface area contributed by atoms with Crippen molar-refractivity contribution in [3.05, 3.63) is 51.2 Å². The molecule has 4 rings (SSSR count). The van der Waals surface area contributed by atoms with E-state index in [0.717, 1.165) is 12.8 Å². The summed E-state index contributed by atoms with van der Waals surface area (Å²) in [6.45, 7) is 3.70. The lowest BCUT2D eigenvalue weighted by Gasteiger charge is -2.32. The molecule has 0 bridgehead atoms. The largest absolute Gasteiger partial charge is 0.341 e. The molecular weight excluding hydrogens is 390 g/mol. The number of amides is 4. The topological polar surface area (TPSA) is 116 Å². The Morgan fingerprint density at radius 1 is 1.27 bits per heavy atom. The molecule has 1 fully saturated rings. The van der Waals surface area contributed by atoms with Crippen molar-refractivity contribution in [3.8, 4) is 0 Å². The van der Waals surface area contributed by atoms with E-state index in [9.17, 15) is 24.5 Å². The van der Waals surface area contributed by atoms with Gasteiger partial charge in [-0.15, -0.1) is 0 Å². The molecule has 10 nitrogen and oxygen atoms in total. The van der Waals surface area contributed by atoms with Gasteiger partial charge in [-0.05, 0) is 25.3 Å². The van der Waals surface area contributed by atoms with Crippen LogP contribution in [0.3, 0.4) is 0 Å². The average Bonchev–Trinajstić information content (AvgIpc) is 3.37. The molecule has 1 N–H and O–H groups in total. The third-order valence-corrected chi connectivity index (χ3v) is 5.81. The van der Waals surface area contributed by atoms with Crippen LogP contribution in [0, 0.1) is 10.1 Å². The van der Waals surface area contributed by atoms with Crippen molar-refractivity contribution in [1.29, 1.82) is 0 Å².